The van der Waals surface area contributed by atoms with E-state index in [1.165, 1.54) is 24.0 Å². The van der Waals surface area contributed by atoms with Gasteiger partial charge in [-0.3, -0.25) is 9.59 Å². The molecular weight excluding hydrogens is 332 g/mol. The normalized spacial score (nSPS) is 18.6. The topological polar surface area (TPSA) is 40.6 Å². The lowest BCUT2D eigenvalue weighted by Gasteiger charge is -2.36. The molecule has 1 saturated heterocycles. The summed E-state index contributed by atoms with van der Waals surface area (Å²) in [6.07, 6.45) is 4.47. The molecule has 1 aromatic rings. The summed E-state index contributed by atoms with van der Waals surface area (Å²) in [5, 5.41) is 0. The minimum atomic E-state index is 0.199. The van der Waals surface area contributed by atoms with Crippen LogP contribution < -0.4 is 0 Å². The number of carbonyl (C=O) groups excluding carboxylic acids is 2. The van der Waals surface area contributed by atoms with Crippen molar-refractivity contribution < 1.29 is 9.59 Å². The van der Waals surface area contributed by atoms with Crippen molar-refractivity contribution in [3.05, 3.63) is 35.4 Å². The molecular formula is C20H28N2O2S. The van der Waals surface area contributed by atoms with Crippen LogP contribution in [0.1, 0.15) is 36.8 Å². The van der Waals surface area contributed by atoms with E-state index in [1.54, 1.807) is 11.8 Å². The van der Waals surface area contributed by atoms with Crippen molar-refractivity contribution in [2.24, 2.45) is 5.92 Å². The molecule has 2 amide bonds. The van der Waals surface area contributed by atoms with Crippen LogP contribution in [0.5, 0.6) is 0 Å². The van der Waals surface area contributed by atoms with E-state index < -0.39 is 0 Å². The number of amides is 2. The highest BCUT2D eigenvalue weighted by Gasteiger charge is 2.30. The molecule has 0 atom stereocenters. The summed E-state index contributed by atoms with van der Waals surface area (Å²) in [5.41, 5.74) is 2.52. The molecule has 3 rings (SSSR count). The largest absolute Gasteiger partial charge is 0.339 e. The smallest absolute Gasteiger partial charge is 0.232 e. The highest BCUT2D eigenvalue weighted by molar-refractivity contribution is 7.99. The van der Waals surface area contributed by atoms with E-state index in [4.69, 9.17) is 0 Å². The van der Waals surface area contributed by atoms with E-state index in [2.05, 4.69) is 31.2 Å². The van der Waals surface area contributed by atoms with Crippen molar-refractivity contribution in [1.82, 2.24) is 9.80 Å². The molecule has 0 unspecified atom stereocenters. The number of benzene rings is 1. The predicted octanol–water partition coefficient (Wildman–Crippen LogP) is 3.09. The van der Waals surface area contributed by atoms with Crippen molar-refractivity contribution in [2.45, 2.75) is 38.4 Å². The molecule has 2 fully saturated rings. The molecule has 4 nitrogen and oxygen atoms in total. The van der Waals surface area contributed by atoms with E-state index in [0.717, 1.165) is 18.6 Å². The van der Waals surface area contributed by atoms with E-state index in [-0.39, 0.29) is 11.8 Å². The first-order valence-corrected chi connectivity index (χ1v) is 10.5. The second kappa shape index (κ2) is 8.75. The Labute approximate surface area is 154 Å². The molecule has 136 valence electrons. The molecule has 5 heteroatoms. The Morgan fingerprint density at radius 2 is 1.60 bits per heavy atom. The summed E-state index contributed by atoms with van der Waals surface area (Å²) in [4.78, 5) is 28.7. The van der Waals surface area contributed by atoms with Gasteiger partial charge in [-0.2, -0.15) is 0 Å². The van der Waals surface area contributed by atoms with Crippen LogP contribution in [-0.2, 0) is 15.3 Å². The zero-order valence-electron chi connectivity index (χ0n) is 15.1. The van der Waals surface area contributed by atoms with Crippen molar-refractivity contribution in [3.8, 4) is 0 Å². The first-order chi connectivity index (χ1) is 12.1. The number of rotatable bonds is 5. The Hall–Kier alpha value is -1.49. The first kappa shape index (κ1) is 18.3. The quantitative estimate of drug-likeness (QED) is 0.810. The number of hydrogen-bond acceptors (Lipinski definition) is 3. The summed E-state index contributed by atoms with van der Waals surface area (Å²) in [6, 6.07) is 8.47. The number of aryl methyl sites for hydroxylation is 1. The van der Waals surface area contributed by atoms with Gasteiger partial charge in [0, 0.05) is 37.8 Å². The van der Waals surface area contributed by atoms with Gasteiger partial charge in [0.1, 0.15) is 0 Å². The molecule has 1 aliphatic carbocycles. The monoisotopic (exact) mass is 360 g/mol. The highest BCUT2D eigenvalue weighted by Crippen LogP contribution is 2.27. The van der Waals surface area contributed by atoms with Crippen LogP contribution >= 0.6 is 11.8 Å². The zero-order chi connectivity index (χ0) is 17.6. The van der Waals surface area contributed by atoms with E-state index in [1.807, 2.05) is 9.80 Å². The predicted molar refractivity (Wildman–Crippen MR) is 102 cm³/mol. The average Bonchev–Trinajstić information content (AvgIpc) is 3.17. The van der Waals surface area contributed by atoms with Crippen molar-refractivity contribution in [1.29, 1.82) is 0 Å². The number of carbonyl (C=O) groups is 2. The Bertz CT molecular complexity index is 588. The van der Waals surface area contributed by atoms with Gasteiger partial charge >= 0.3 is 0 Å². The molecule has 25 heavy (non-hydrogen) atoms. The maximum Gasteiger partial charge on any atom is 0.232 e. The zero-order valence-corrected chi connectivity index (χ0v) is 15.9. The van der Waals surface area contributed by atoms with Crippen LogP contribution in [0.2, 0.25) is 0 Å². The van der Waals surface area contributed by atoms with Gasteiger partial charge in [-0.1, -0.05) is 42.7 Å². The molecule has 0 radical (unpaired) electrons. The fourth-order valence-corrected chi connectivity index (χ4v) is 4.53. The molecule has 1 aliphatic heterocycles. The van der Waals surface area contributed by atoms with Gasteiger partial charge in [-0.05, 0) is 25.3 Å². The second-order valence-corrected chi connectivity index (χ2v) is 8.15. The number of hydrogen-bond donors (Lipinski definition) is 0. The SMILES string of the molecule is Cc1ccc(CSCC(=O)N2CCN(C(=O)C3CCCC3)CC2)cc1. The summed E-state index contributed by atoms with van der Waals surface area (Å²) in [7, 11) is 0. The molecule has 0 bridgehead atoms. The summed E-state index contributed by atoms with van der Waals surface area (Å²) < 4.78 is 0. The highest BCUT2D eigenvalue weighted by atomic mass is 32.2. The third-order valence-electron chi connectivity index (χ3n) is 5.26. The van der Waals surface area contributed by atoms with Crippen molar-refractivity contribution >= 4 is 23.6 Å². The summed E-state index contributed by atoms with van der Waals surface area (Å²) in [5.74, 6) is 2.15. The van der Waals surface area contributed by atoms with Crippen LogP contribution in [0.25, 0.3) is 0 Å². The number of piperazine rings is 1. The third kappa shape index (κ3) is 5.00. The van der Waals surface area contributed by atoms with Gasteiger partial charge in [0.2, 0.25) is 11.8 Å². The standard InChI is InChI=1S/C20H28N2O2S/c1-16-6-8-17(9-7-16)14-25-15-19(23)21-10-12-22(13-11-21)20(24)18-4-2-3-5-18/h6-9,18H,2-5,10-15H2,1H3. The molecule has 0 N–H and O–H groups in total. The van der Waals surface area contributed by atoms with Crippen LogP contribution in [0.4, 0.5) is 0 Å². The van der Waals surface area contributed by atoms with Gasteiger partial charge in [-0.25, -0.2) is 0 Å². The van der Waals surface area contributed by atoms with E-state index >= 15 is 0 Å². The Kier molecular flexibility index (Phi) is 6.40. The van der Waals surface area contributed by atoms with Crippen LogP contribution in [0.3, 0.4) is 0 Å². The fourth-order valence-electron chi connectivity index (χ4n) is 3.64. The lowest BCUT2D eigenvalue weighted by molar-refractivity contribution is -0.141. The number of thioether (sulfide) groups is 1. The minimum absolute atomic E-state index is 0.199. The van der Waals surface area contributed by atoms with Gasteiger partial charge in [-0.15, -0.1) is 11.8 Å². The van der Waals surface area contributed by atoms with Crippen LogP contribution in [0.15, 0.2) is 24.3 Å². The summed E-state index contributed by atoms with van der Waals surface area (Å²) >= 11 is 1.67. The minimum Gasteiger partial charge on any atom is -0.339 e. The number of nitrogens with zero attached hydrogens (tertiary/aromatic N) is 2. The van der Waals surface area contributed by atoms with Gasteiger partial charge in [0.25, 0.3) is 0 Å². The van der Waals surface area contributed by atoms with E-state index in [0.29, 0.717) is 37.8 Å². The van der Waals surface area contributed by atoms with Gasteiger partial charge < -0.3 is 9.80 Å². The Morgan fingerprint density at radius 1 is 1.00 bits per heavy atom. The lowest BCUT2D eigenvalue weighted by atomic mass is 10.1. The van der Waals surface area contributed by atoms with Crippen LogP contribution in [0, 0.1) is 12.8 Å². The van der Waals surface area contributed by atoms with Gasteiger partial charge in [0.05, 0.1) is 5.75 Å². The molecule has 2 aliphatic rings. The Morgan fingerprint density at radius 3 is 2.24 bits per heavy atom. The van der Waals surface area contributed by atoms with Crippen molar-refractivity contribution in [2.75, 3.05) is 31.9 Å². The summed E-state index contributed by atoms with van der Waals surface area (Å²) in [6.45, 7) is 4.84. The van der Waals surface area contributed by atoms with Crippen LogP contribution in [-0.4, -0.2) is 53.5 Å². The Balaban J connectivity index is 1.37. The molecule has 0 spiro atoms. The van der Waals surface area contributed by atoms with Gasteiger partial charge in [0.15, 0.2) is 0 Å². The maximum absolute atomic E-state index is 12.4. The van der Waals surface area contributed by atoms with Crippen molar-refractivity contribution in [3.63, 3.8) is 0 Å². The average molecular weight is 361 g/mol. The second-order valence-electron chi connectivity index (χ2n) is 7.17. The van der Waals surface area contributed by atoms with E-state index in [9.17, 15) is 9.59 Å². The fraction of sp³-hybridized carbons (Fsp3) is 0.600. The maximum atomic E-state index is 12.4. The lowest BCUT2D eigenvalue weighted by Crippen LogP contribution is -2.52. The molecule has 1 heterocycles. The first-order valence-electron chi connectivity index (χ1n) is 9.33. The molecule has 1 saturated carbocycles. The molecule has 1 aromatic carbocycles. The molecule has 0 aromatic heterocycles. The third-order valence-corrected chi connectivity index (χ3v) is 6.25.